The first-order valence-corrected chi connectivity index (χ1v) is 5.44. The Hall–Kier alpha value is -0.430. The average Bonchev–Trinajstić information content (AvgIpc) is 2.54. The third-order valence-corrected chi connectivity index (χ3v) is 2.46. The van der Waals surface area contributed by atoms with Gasteiger partial charge in [0.15, 0.2) is 0 Å². The van der Waals surface area contributed by atoms with Gasteiger partial charge in [-0.3, -0.25) is 0 Å². The predicted octanol–water partition coefficient (Wildman–Crippen LogP) is 4.31. The second-order valence-electron chi connectivity index (χ2n) is 3.31. The topological polar surface area (TPSA) is 13.1 Å². The molecule has 0 aliphatic rings. The zero-order chi connectivity index (χ0) is 9.68. The van der Waals surface area contributed by atoms with E-state index >= 15 is 0 Å². The number of hydrogen-bond donors (Lipinski definition) is 0. The monoisotopic (exact) mass is 200 g/mol. The van der Waals surface area contributed by atoms with Crippen LogP contribution in [-0.4, -0.2) is 0 Å². The summed E-state index contributed by atoms with van der Waals surface area (Å²) in [6.07, 6.45) is 4.21. The van der Waals surface area contributed by atoms with Crippen LogP contribution in [0, 0.1) is 0 Å². The molecule has 0 saturated carbocycles. The molecule has 0 saturated heterocycles. The van der Waals surface area contributed by atoms with Gasteiger partial charge in [-0.05, 0) is 25.0 Å². The smallest absolute Gasteiger partial charge is 0.122 e. The first-order chi connectivity index (χ1) is 6.27. The van der Waals surface area contributed by atoms with E-state index in [1.54, 1.807) is 0 Å². The fourth-order valence-corrected chi connectivity index (χ4v) is 1.67. The van der Waals surface area contributed by atoms with Crippen LogP contribution in [0.4, 0.5) is 0 Å². The van der Waals surface area contributed by atoms with Crippen LogP contribution in [-0.2, 0) is 6.42 Å². The van der Waals surface area contributed by atoms with Gasteiger partial charge in [-0.15, -0.1) is 11.6 Å². The van der Waals surface area contributed by atoms with Crippen molar-refractivity contribution in [1.82, 2.24) is 0 Å². The van der Waals surface area contributed by atoms with Gasteiger partial charge in [-0.1, -0.05) is 20.3 Å². The third-order valence-electron chi connectivity index (χ3n) is 2.03. The Morgan fingerprint density at radius 2 is 2.08 bits per heavy atom. The Kier molecular flexibility index (Phi) is 4.37. The van der Waals surface area contributed by atoms with Gasteiger partial charge in [0.05, 0.1) is 5.38 Å². The Morgan fingerprint density at radius 1 is 1.31 bits per heavy atom. The SMILES string of the molecule is CCCc1ccc(C(Cl)CCC)o1. The van der Waals surface area contributed by atoms with Gasteiger partial charge in [-0.2, -0.15) is 0 Å². The highest BCUT2D eigenvalue weighted by Gasteiger charge is 2.10. The van der Waals surface area contributed by atoms with Crippen molar-refractivity contribution in [3.63, 3.8) is 0 Å². The minimum atomic E-state index is 0.0515. The van der Waals surface area contributed by atoms with Crippen molar-refractivity contribution < 1.29 is 4.42 Å². The van der Waals surface area contributed by atoms with Gasteiger partial charge in [0.1, 0.15) is 11.5 Å². The largest absolute Gasteiger partial charge is 0.465 e. The maximum absolute atomic E-state index is 6.13. The molecule has 0 aliphatic carbocycles. The molecule has 1 atom stereocenters. The Labute approximate surface area is 85.1 Å². The second kappa shape index (κ2) is 5.33. The number of halogens is 1. The van der Waals surface area contributed by atoms with Gasteiger partial charge >= 0.3 is 0 Å². The lowest BCUT2D eigenvalue weighted by Crippen LogP contribution is -1.86. The van der Waals surface area contributed by atoms with E-state index < -0.39 is 0 Å². The summed E-state index contributed by atoms with van der Waals surface area (Å²) in [5, 5.41) is 0.0515. The Balaban J connectivity index is 2.56. The van der Waals surface area contributed by atoms with Crippen LogP contribution in [0.15, 0.2) is 16.5 Å². The fourth-order valence-electron chi connectivity index (χ4n) is 1.34. The van der Waals surface area contributed by atoms with Crippen LogP contribution in [0.25, 0.3) is 0 Å². The minimum Gasteiger partial charge on any atom is -0.465 e. The van der Waals surface area contributed by atoms with E-state index in [9.17, 15) is 0 Å². The van der Waals surface area contributed by atoms with E-state index in [-0.39, 0.29) is 5.38 Å². The van der Waals surface area contributed by atoms with Gasteiger partial charge in [0.25, 0.3) is 0 Å². The molecule has 0 bridgehead atoms. The summed E-state index contributed by atoms with van der Waals surface area (Å²) < 4.78 is 5.61. The Morgan fingerprint density at radius 3 is 2.69 bits per heavy atom. The molecule has 0 radical (unpaired) electrons. The quantitative estimate of drug-likeness (QED) is 0.646. The highest BCUT2D eigenvalue weighted by molar-refractivity contribution is 6.20. The van der Waals surface area contributed by atoms with E-state index in [0.29, 0.717) is 0 Å². The van der Waals surface area contributed by atoms with E-state index in [1.807, 2.05) is 12.1 Å². The molecule has 0 fully saturated rings. The lowest BCUT2D eigenvalue weighted by molar-refractivity contribution is 0.451. The number of furan rings is 1. The van der Waals surface area contributed by atoms with Crippen molar-refractivity contribution in [3.05, 3.63) is 23.7 Å². The van der Waals surface area contributed by atoms with Crippen molar-refractivity contribution in [3.8, 4) is 0 Å². The molecule has 1 rings (SSSR count). The first-order valence-electron chi connectivity index (χ1n) is 5.00. The van der Waals surface area contributed by atoms with Crippen molar-refractivity contribution in [2.45, 2.75) is 44.9 Å². The van der Waals surface area contributed by atoms with Crippen LogP contribution in [0.2, 0.25) is 0 Å². The second-order valence-corrected chi connectivity index (χ2v) is 3.84. The number of hydrogen-bond acceptors (Lipinski definition) is 1. The minimum absolute atomic E-state index is 0.0515. The van der Waals surface area contributed by atoms with E-state index in [4.69, 9.17) is 16.0 Å². The molecule has 0 amide bonds. The number of rotatable bonds is 5. The molecule has 1 aromatic rings. The third kappa shape index (κ3) is 3.07. The maximum Gasteiger partial charge on any atom is 0.122 e. The molecule has 1 aromatic heterocycles. The van der Waals surface area contributed by atoms with Crippen LogP contribution >= 0.6 is 11.6 Å². The van der Waals surface area contributed by atoms with Crippen LogP contribution < -0.4 is 0 Å². The van der Waals surface area contributed by atoms with Gasteiger partial charge in [-0.25, -0.2) is 0 Å². The number of alkyl halides is 1. The highest BCUT2D eigenvalue weighted by atomic mass is 35.5. The van der Waals surface area contributed by atoms with Gasteiger partial charge < -0.3 is 4.42 Å². The van der Waals surface area contributed by atoms with E-state index in [0.717, 1.165) is 37.2 Å². The molecule has 0 N–H and O–H groups in total. The summed E-state index contributed by atoms with van der Waals surface area (Å²) in [4.78, 5) is 0. The molecule has 13 heavy (non-hydrogen) atoms. The first kappa shape index (κ1) is 10.6. The molecule has 1 unspecified atom stereocenters. The molecule has 1 heterocycles. The zero-order valence-electron chi connectivity index (χ0n) is 8.35. The van der Waals surface area contributed by atoms with Crippen LogP contribution in [0.3, 0.4) is 0 Å². The summed E-state index contributed by atoms with van der Waals surface area (Å²) in [7, 11) is 0. The van der Waals surface area contributed by atoms with E-state index in [1.165, 1.54) is 0 Å². The standard InChI is InChI=1S/C11H17ClO/c1-3-5-9-7-8-11(13-9)10(12)6-4-2/h7-8,10H,3-6H2,1-2H3. The zero-order valence-corrected chi connectivity index (χ0v) is 9.10. The van der Waals surface area contributed by atoms with E-state index in [2.05, 4.69) is 13.8 Å². The molecule has 1 nitrogen and oxygen atoms in total. The fraction of sp³-hybridized carbons (Fsp3) is 0.636. The van der Waals surface area contributed by atoms with Crippen LogP contribution in [0.5, 0.6) is 0 Å². The number of aryl methyl sites for hydroxylation is 1. The normalized spacial score (nSPS) is 13.2. The lowest BCUT2D eigenvalue weighted by atomic mass is 10.2. The molecule has 0 spiro atoms. The predicted molar refractivity (Wildman–Crippen MR) is 56.2 cm³/mol. The maximum atomic E-state index is 6.13. The summed E-state index contributed by atoms with van der Waals surface area (Å²) in [6.45, 7) is 4.28. The highest BCUT2D eigenvalue weighted by Crippen LogP contribution is 2.27. The lowest BCUT2D eigenvalue weighted by Gasteiger charge is -2.03. The molecule has 74 valence electrons. The average molecular weight is 201 g/mol. The molecule has 0 aromatic carbocycles. The molecular weight excluding hydrogens is 184 g/mol. The van der Waals surface area contributed by atoms with Gasteiger partial charge in [0.2, 0.25) is 0 Å². The van der Waals surface area contributed by atoms with Crippen LogP contribution in [0.1, 0.15) is 50.0 Å². The van der Waals surface area contributed by atoms with Crippen molar-refractivity contribution in [2.75, 3.05) is 0 Å². The molecule has 0 aliphatic heterocycles. The van der Waals surface area contributed by atoms with Crippen molar-refractivity contribution in [1.29, 1.82) is 0 Å². The van der Waals surface area contributed by atoms with Gasteiger partial charge in [0, 0.05) is 6.42 Å². The summed E-state index contributed by atoms with van der Waals surface area (Å²) in [5.41, 5.74) is 0. The van der Waals surface area contributed by atoms with Crippen molar-refractivity contribution in [2.24, 2.45) is 0 Å². The summed E-state index contributed by atoms with van der Waals surface area (Å²) in [5.74, 6) is 1.98. The Bertz CT molecular complexity index is 242. The molecule has 2 heteroatoms. The summed E-state index contributed by atoms with van der Waals surface area (Å²) in [6, 6.07) is 4.03. The van der Waals surface area contributed by atoms with Crippen molar-refractivity contribution >= 4 is 11.6 Å². The molecular formula is C11H17ClO. The summed E-state index contributed by atoms with van der Waals surface area (Å²) >= 11 is 6.13.